The maximum Gasteiger partial charge on any atom is 0.306 e. The fourth-order valence-corrected chi connectivity index (χ4v) is 6.06. The van der Waals surface area contributed by atoms with E-state index in [1.165, 1.54) is 77.0 Å². The van der Waals surface area contributed by atoms with Gasteiger partial charge in [0.25, 0.3) is 0 Å². The number of hydrogen-bond donors (Lipinski definition) is 4. The molecule has 0 amide bonds. The number of ether oxygens (including phenoxy) is 4. The molecule has 1 fully saturated rings. The van der Waals surface area contributed by atoms with Crippen molar-refractivity contribution in [1.29, 1.82) is 0 Å². The monoisotopic (exact) mass is 727 g/mol. The van der Waals surface area contributed by atoms with Crippen molar-refractivity contribution in [3.8, 4) is 0 Å². The Kier molecular flexibility index (Phi) is 30.4. The van der Waals surface area contributed by atoms with Gasteiger partial charge in [-0.15, -0.1) is 0 Å². The van der Waals surface area contributed by atoms with Crippen LogP contribution >= 0.6 is 0 Å². The summed E-state index contributed by atoms with van der Waals surface area (Å²) >= 11 is 0. The molecule has 0 aromatic carbocycles. The zero-order chi connectivity index (χ0) is 37.4. The predicted octanol–water partition coefficient (Wildman–Crippen LogP) is 7.77. The second-order valence-corrected chi connectivity index (χ2v) is 14.1. The van der Waals surface area contributed by atoms with Crippen LogP contribution in [0.5, 0.6) is 0 Å². The third-order valence-electron chi connectivity index (χ3n) is 9.37. The molecule has 0 spiro atoms. The lowest BCUT2D eigenvalue weighted by Crippen LogP contribution is -2.59. The summed E-state index contributed by atoms with van der Waals surface area (Å²) in [7, 11) is 0. The van der Waals surface area contributed by atoms with Gasteiger partial charge in [-0.25, -0.2) is 0 Å². The van der Waals surface area contributed by atoms with Gasteiger partial charge in [0.2, 0.25) is 0 Å². The highest BCUT2D eigenvalue weighted by atomic mass is 16.7. The van der Waals surface area contributed by atoms with E-state index in [2.05, 4.69) is 38.2 Å². The van der Waals surface area contributed by atoms with Crippen molar-refractivity contribution < 1.29 is 49.0 Å². The van der Waals surface area contributed by atoms with Crippen molar-refractivity contribution in [3.63, 3.8) is 0 Å². The van der Waals surface area contributed by atoms with Crippen molar-refractivity contribution >= 4 is 11.9 Å². The van der Waals surface area contributed by atoms with E-state index in [1.54, 1.807) is 0 Å². The fraction of sp³-hybridized carbons (Fsp3) is 0.854. The van der Waals surface area contributed by atoms with Crippen molar-refractivity contribution in [2.75, 3.05) is 19.8 Å². The topological polar surface area (TPSA) is 152 Å². The van der Waals surface area contributed by atoms with Gasteiger partial charge < -0.3 is 39.4 Å². The van der Waals surface area contributed by atoms with Crippen LogP contribution in [0, 0.1) is 0 Å². The summed E-state index contributed by atoms with van der Waals surface area (Å²) in [5.74, 6) is -0.823. The Labute approximate surface area is 309 Å². The summed E-state index contributed by atoms with van der Waals surface area (Å²) < 4.78 is 22.1. The molecule has 0 aromatic rings. The number of hydrogen-bond acceptors (Lipinski definition) is 10. The zero-order valence-electron chi connectivity index (χ0n) is 32.1. The van der Waals surface area contributed by atoms with Crippen LogP contribution < -0.4 is 0 Å². The van der Waals surface area contributed by atoms with Gasteiger partial charge in [-0.05, 0) is 38.5 Å². The minimum Gasteiger partial charge on any atom is -0.462 e. The normalized spacial score (nSPS) is 21.4. The Hall–Kier alpha value is -1.82. The van der Waals surface area contributed by atoms with Crippen LogP contribution in [0.25, 0.3) is 0 Å². The number of unbranched alkanes of at least 4 members (excludes halogenated alkanes) is 19. The summed E-state index contributed by atoms with van der Waals surface area (Å²) in [5.41, 5.74) is 0. The fourth-order valence-electron chi connectivity index (χ4n) is 6.06. The van der Waals surface area contributed by atoms with Crippen molar-refractivity contribution in [2.45, 2.75) is 205 Å². The second-order valence-electron chi connectivity index (χ2n) is 14.1. The Morgan fingerprint density at radius 1 is 0.608 bits per heavy atom. The lowest BCUT2D eigenvalue weighted by Gasteiger charge is -2.39. The lowest BCUT2D eigenvalue weighted by atomic mass is 9.99. The number of allylic oxidation sites excluding steroid dienone is 4. The molecule has 0 bridgehead atoms. The third-order valence-corrected chi connectivity index (χ3v) is 9.37. The average Bonchev–Trinajstić information content (AvgIpc) is 3.13. The van der Waals surface area contributed by atoms with Gasteiger partial charge in [-0.3, -0.25) is 9.59 Å². The second kappa shape index (κ2) is 32.8. The quantitative estimate of drug-likeness (QED) is 0.0300. The van der Waals surface area contributed by atoms with Crippen LogP contribution in [0.1, 0.15) is 168 Å². The van der Waals surface area contributed by atoms with Gasteiger partial charge in [0.05, 0.1) is 13.2 Å². The van der Waals surface area contributed by atoms with Gasteiger partial charge in [0.15, 0.2) is 12.4 Å². The third kappa shape index (κ3) is 24.9. The van der Waals surface area contributed by atoms with Crippen LogP contribution in [-0.2, 0) is 28.5 Å². The summed E-state index contributed by atoms with van der Waals surface area (Å²) in [6, 6.07) is 0. The standard InChI is InChI=1S/C41H74O10/c1-3-5-7-9-11-13-15-16-17-18-20-22-24-26-28-30-37(44)50-34(33-49-41-40(47)39(46)38(45)35(31-42)51-41)32-48-36(43)29-27-25-23-21-19-14-12-10-8-6-4-2/h13,15-17,34-35,38-42,45-47H,3-12,14,18-33H2,1-2H3/b15-13+,17-16+/t34-,35-,38+,39?,40?,41-/m1/s1. The minimum atomic E-state index is -1.59. The molecule has 1 heterocycles. The first-order valence-corrected chi connectivity index (χ1v) is 20.4. The number of aliphatic hydroxyl groups is 4. The van der Waals surface area contributed by atoms with Crippen LogP contribution in [0.3, 0.4) is 0 Å². The van der Waals surface area contributed by atoms with Crippen LogP contribution in [0.15, 0.2) is 24.3 Å². The number of carbonyl (C=O) groups excluding carboxylic acids is 2. The molecular weight excluding hydrogens is 652 g/mol. The lowest BCUT2D eigenvalue weighted by molar-refractivity contribution is -0.305. The molecule has 4 N–H and O–H groups in total. The molecule has 6 atom stereocenters. The van der Waals surface area contributed by atoms with E-state index < -0.39 is 49.4 Å². The Bertz CT molecular complexity index is 892. The summed E-state index contributed by atoms with van der Waals surface area (Å²) in [6.07, 6.45) is 26.1. The number of esters is 2. The summed E-state index contributed by atoms with van der Waals surface area (Å²) in [4.78, 5) is 25.2. The first kappa shape index (κ1) is 47.2. The van der Waals surface area contributed by atoms with Crippen LogP contribution in [-0.4, -0.2) is 89.0 Å². The highest BCUT2D eigenvalue weighted by molar-refractivity contribution is 5.70. The first-order valence-electron chi connectivity index (χ1n) is 20.4. The highest BCUT2D eigenvalue weighted by Gasteiger charge is 2.44. The van der Waals surface area contributed by atoms with E-state index in [4.69, 9.17) is 18.9 Å². The summed E-state index contributed by atoms with van der Waals surface area (Å²) in [5, 5.41) is 39.9. The molecule has 1 aliphatic heterocycles. The van der Waals surface area contributed by atoms with Gasteiger partial charge >= 0.3 is 11.9 Å². The molecule has 10 nitrogen and oxygen atoms in total. The van der Waals surface area contributed by atoms with E-state index in [0.29, 0.717) is 6.42 Å². The molecule has 0 saturated carbocycles. The van der Waals surface area contributed by atoms with E-state index in [-0.39, 0.29) is 32.0 Å². The Morgan fingerprint density at radius 3 is 1.61 bits per heavy atom. The van der Waals surface area contributed by atoms with E-state index in [0.717, 1.165) is 57.8 Å². The van der Waals surface area contributed by atoms with E-state index in [9.17, 15) is 30.0 Å². The zero-order valence-corrected chi connectivity index (χ0v) is 32.1. The van der Waals surface area contributed by atoms with Crippen molar-refractivity contribution in [1.82, 2.24) is 0 Å². The summed E-state index contributed by atoms with van der Waals surface area (Å²) in [6.45, 7) is 3.37. The van der Waals surface area contributed by atoms with E-state index in [1.807, 2.05) is 0 Å². The van der Waals surface area contributed by atoms with Gasteiger partial charge in [-0.1, -0.05) is 141 Å². The number of rotatable bonds is 33. The van der Waals surface area contributed by atoms with Crippen molar-refractivity contribution in [3.05, 3.63) is 24.3 Å². The molecule has 1 saturated heterocycles. The largest absolute Gasteiger partial charge is 0.462 e. The molecule has 10 heteroatoms. The van der Waals surface area contributed by atoms with Gasteiger partial charge in [0, 0.05) is 12.8 Å². The van der Waals surface area contributed by atoms with Gasteiger partial charge in [-0.2, -0.15) is 0 Å². The SMILES string of the molecule is CCCCCC/C=C/C=C/CCCCCCCC(=O)O[C@H](COC(=O)CCCCCCCCCCCCC)CO[C@@H]1O[C@H](CO)[C@H](O)C(O)C1O. The number of aliphatic hydroxyl groups excluding tert-OH is 4. The van der Waals surface area contributed by atoms with Crippen molar-refractivity contribution in [2.24, 2.45) is 0 Å². The predicted molar refractivity (Wildman–Crippen MR) is 201 cm³/mol. The Morgan fingerprint density at radius 2 is 1.08 bits per heavy atom. The molecule has 2 unspecified atom stereocenters. The van der Waals surface area contributed by atoms with Gasteiger partial charge in [0.1, 0.15) is 31.0 Å². The molecule has 1 rings (SSSR count). The molecule has 0 aromatic heterocycles. The molecule has 298 valence electrons. The van der Waals surface area contributed by atoms with Crippen LogP contribution in [0.2, 0.25) is 0 Å². The minimum absolute atomic E-state index is 0.214. The molecule has 0 radical (unpaired) electrons. The first-order chi connectivity index (χ1) is 24.8. The smallest absolute Gasteiger partial charge is 0.306 e. The Balaban J connectivity index is 2.39. The highest BCUT2D eigenvalue weighted by Crippen LogP contribution is 2.22. The maximum atomic E-state index is 12.7. The molecular formula is C41H74O10. The maximum absolute atomic E-state index is 12.7. The average molecular weight is 727 g/mol. The molecule has 1 aliphatic rings. The number of carbonyl (C=O) groups is 2. The molecule has 51 heavy (non-hydrogen) atoms. The van der Waals surface area contributed by atoms with Crippen LogP contribution in [0.4, 0.5) is 0 Å². The molecule has 0 aliphatic carbocycles. The van der Waals surface area contributed by atoms with E-state index >= 15 is 0 Å².